The van der Waals surface area contributed by atoms with E-state index in [4.69, 9.17) is 10.5 Å². The first kappa shape index (κ1) is 31.5. The van der Waals surface area contributed by atoms with Gasteiger partial charge in [0.1, 0.15) is 6.17 Å². The maximum Gasteiger partial charge on any atom is 0.227 e. The minimum absolute atomic E-state index is 0.00670. The predicted molar refractivity (Wildman–Crippen MR) is 161 cm³/mol. The predicted octanol–water partition coefficient (Wildman–Crippen LogP) is 1.43. The molecule has 0 aromatic rings. The number of piperazine rings is 1. The summed E-state index contributed by atoms with van der Waals surface area (Å²) in [6, 6.07) is 0.646. The monoisotopic (exact) mass is 579 g/mol. The average Bonchev–Trinajstić information content (AvgIpc) is 2.98. The van der Waals surface area contributed by atoms with Crippen LogP contribution in [0.3, 0.4) is 0 Å². The SMILES string of the molecule is CCCCC(CCC)C1(C)C2CCC(F)CNC1C(C(=O)NC1CNCCC1N1CCN3CCOCC3C1)C(N)N2. The smallest absolute Gasteiger partial charge is 0.227 e. The number of halogens is 1. The summed E-state index contributed by atoms with van der Waals surface area (Å²) in [7, 11) is 0. The van der Waals surface area contributed by atoms with Crippen molar-refractivity contribution >= 4 is 5.91 Å². The molecule has 0 aliphatic carbocycles. The Labute approximate surface area is 247 Å². The molecule has 41 heavy (non-hydrogen) atoms. The lowest BCUT2D eigenvalue weighted by Gasteiger charge is -2.58. The number of amides is 1. The maximum atomic E-state index is 14.9. The van der Waals surface area contributed by atoms with Gasteiger partial charge in [0.05, 0.1) is 31.3 Å². The Morgan fingerprint density at radius 1 is 1.12 bits per heavy atom. The van der Waals surface area contributed by atoms with Crippen LogP contribution >= 0.6 is 0 Å². The van der Waals surface area contributed by atoms with Gasteiger partial charge in [-0.2, -0.15) is 0 Å². The van der Waals surface area contributed by atoms with Gasteiger partial charge in [-0.25, -0.2) is 4.39 Å². The second-order valence-electron chi connectivity index (χ2n) is 13.8. The normalized spacial score (nSPS) is 41.6. The number of nitrogens with one attached hydrogen (secondary N) is 4. The lowest BCUT2D eigenvalue weighted by Crippen LogP contribution is -2.76. The first-order valence-electron chi connectivity index (χ1n) is 16.8. The molecule has 0 saturated carbocycles. The van der Waals surface area contributed by atoms with E-state index in [1.807, 2.05) is 0 Å². The Morgan fingerprint density at radius 2 is 1.95 bits per heavy atom. The number of morpholine rings is 1. The van der Waals surface area contributed by atoms with Crippen LogP contribution in [0.15, 0.2) is 0 Å². The highest BCUT2D eigenvalue weighted by atomic mass is 19.1. The number of nitrogens with zero attached hydrogens (tertiary/aromatic N) is 2. The van der Waals surface area contributed by atoms with Gasteiger partial charge in [-0.1, -0.05) is 46.5 Å². The second kappa shape index (κ2) is 14.3. The number of carbonyl (C=O) groups excluding carboxylic acids is 1. The van der Waals surface area contributed by atoms with E-state index in [0.717, 1.165) is 91.0 Å². The summed E-state index contributed by atoms with van der Waals surface area (Å²) < 4.78 is 20.7. The van der Waals surface area contributed by atoms with Gasteiger partial charge in [-0.3, -0.25) is 19.9 Å². The van der Waals surface area contributed by atoms with E-state index in [1.54, 1.807) is 0 Å². The summed E-state index contributed by atoms with van der Waals surface area (Å²) in [5.41, 5.74) is 6.64. The van der Waals surface area contributed by atoms with Crippen molar-refractivity contribution in [3.63, 3.8) is 0 Å². The molecule has 0 aromatic heterocycles. The minimum atomic E-state index is -0.904. The number of hydrogen-bond acceptors (Lipinski definition) is 8. The molecule has 0 aromatic carbocycles. The second-order valence-corrected chi connectivity index (χ2v) is 13.8. The molecule has 10 heteroatoms. The standard InChI is InChI=1S/C31H58FN7O2/c1-4-6-8-21(7-5-2)31(3)26-10-9-22(32)17-35-28(31)27(29(33)37-26)30(40)36-24-18-34-12-11-25(24)39-14-13-38-15-16-41-20-23(38)19-39/h21-29,34-35,37H,4-20,33H2,1-3H3,(H,36,40). The van der Waals surface area contributed by atoms with Crippen LogP contribution in [0.4, 0.5) is 4.39 Å². The molecule has 0 radical (unpaired) electrons. The van der Waals surface area contributed by atoms with Crippen molar-refractivity contribution in [3.05, 3.63) is 0 Å². The zero-order valence-corrected chi connectivity index (χ0v) is 25.9. The molecular formula is C31H58FN7O2. The number of carbonyl (C=O) groups is 1. The lowest BCUT2D eigenvalue weighted by molar-refractivity contribution is -0.136. The van der Waals surface area contributed by atoms with Gasteiger partial charge < -0.3 is 26.4 Å². The third-order valence-corrected chi connectivity index (χ3v) is 11.3. The highest BCUT2D eigenvalue weighted by Crippen LogP contribution is 2.48. The highest BCUT2D eigenvalue weighted by molar-refractivity contribution is 5.81. The van der Waals surface area contributed by atoms with Crippen molar-refractivity contribution in [1.29, 1.82) is 0 Å². The van der Waals surface area contributed by atoms with Gasteiger partial charge in [-0.05, 0) is 38.1 Å². The van der Waals surface area contributed by atoms with E-state index in [0.29, 0.717) is 18.4 Å². The molecular weight excluding hydrogens is 521 g/mol. The number of piperidine rings is 2. The fourth-order valence-electron chi connectivity index (χ4n) is 8.97. The Morgan fingerprint density at radius 3 is 2.76 bits per heavy atom. The molecule has 10 unspecified atom stereocenters. The Kier molecular flexibility index (Phi) is 11.0. The summed E-state index contributed by atoms with van der Waals surface area (Å²) in [5, 5.41) is 14.3. The quantitative estimate of drug-likeness (QED) is 0.279. The minimum Gasteiger partial charge on any atom is -0.378 e. The number of unbranched alkanes of at least 4 members (excludes halogenated alkanes) is 1. The number of fused-ring (bicyclic) bond motifs is 3. The Balaban J connectivity index is 1.36. The zero-order valence-electron chi connectivity index (χ0n) is 25.9. The summed E-state index contributed by atoms with van der Waals surface area (Å²) in [4.78, 5) is 19.5. The Hall–Kier alpha value is -0.880. The molecule has 5 aliphatic rings. The number of nitrogens with two attached hydrogens (primary N) is 1. The molecule has 236 valence electrons. The van der Waals surface area contributed by atoms with Crippen LogP contribution in [0.25, 0.3) is 0 Å². The zero-order chi connectivity index (χ0) is 29.0. The van der Waals surface area contributed by atoms with Crippen LogP contribution in [-0.4, -0.2) is 117 Å². The highest BCUT2D eigenvalue weighted by Gasteiger charge is 2.57. The molecule has 5 aliphatic heterocycles. The van der Waals surface area contributed by atoms with Crippen LogP contribution in [0, 0.1) is 17.3 Å². The number of hydrogen-bond donors (Lipinski definition) is 5. The number of alkyl halides is 1. The largest absolute Gasteiger partial charge is 0.378 e. The average molecular weight is 580 g/mol. The lowest BCUT2D eigenvalue weighted by atomic mass is 9.56. The van der Waals surface area contributed by atoms with Crippen LogP contribution < -0.4 is 27.0 Å². The van der Waals surface area contributed by atoms with E-state index in [2.05, 4.69) is 51.8 Å². The molecule has 6 N–H and O–H groups in total. The van der Waals surface area contributed by atoms with Gasteiger partial charge in [0.2, 0.25) is 5.91 Å². The fraction of sp³-hybridized carbons (Fsp3) is 0.968. The van der Waals surface area contributed by atoms with Crippen LogP contribution in [-0.2, 0) is 9.53 Å². The summed E-state index contributed by atoms with van der Waals surface area (Å²) in [5.74, 6) is -0.0135. The molecule has 10 atom stereocenters. The molecule has 2 bridgehead atoms. The summed E-state index contributed by atoms with van der Waals surface area (Å²) in [6.07, 6.45) is 6.59. The van der Waals surface area contributed by atoms with Gasteiger partial charge in [0.25, 0.3) is 0 Å². The third kappa shape index (κ3) is 6.79. The maximum absolute atomic E-state index is 14.9. The van der Waals surface area contributed by atoms with Crippen molar-refractivity contribution in [2.24, 2.45) is 23.0 Å². The van der Waals surface area contributed by atoms with Crippen molar-refractivity contribution in [2.45, 2.75) is 115 Å². The molecule has 0 spiro atoms. The first-order chi connectivity index (χ1) is 19.9. The topological polar surface area (TPSA) is 107 Å². The molecule has 5 rings (SSSR count). The third-order valence-electron chi connectivity index (χ3n) is 11.3. The molecule has 5 saturated heterocycles. The Bertz CT molecular complexity index is 849. The first-order valence-corrected chi connectivity index (χ1v) is 16.8. The van der Waals surface area contributed by atoms with Crippen LogP contribution in [0.2, 0.25) is 0 Å². The van der Waals surface area contributed by atoms with Crippen molar-refractivity contribution in [1.82, 2.24) is 31.1 Å². The molecule has 1 amide bonds. The van der Waals surface area contributed by atoms with Crippen LogP contribution in [0.5, 0.6) is 0 Å². The van der Waals surface area contributed by atoms with Gasteiger partial charge in [0, 0.05) is 68.9 Å². The van der Waals surface area contributed by atoms with Crippen molar-refractivity contribution < 1.29 is 13.9 Å². The number of rotatable bonds is 9. The van der Waals surface area contributed by atoms with Crippen molar-refractivity contribution in [3.8, 4) is 0 Å². The fourth-order valence-corrected chi connectivity index (χ4v) is 8.97. The number of ether oxygens (including phenoxy) is 1. The van der Waals surface area contributed by atoms with E-state index in [-0.39, 0.29) is 42.0 Å². The van der Waals surface area contributed by atoms with Crippen molar-refractivity contribution in [2.75, 3.05) is 59.0 Å². The summed E-state index contributed by atoms with van der Waals surface area (Å²) >= 11 is 0. The van der Waals surface area contributed by atoms with Crippen LogP contribution in [0.1, 0.15) is 72.1 Å². The van der Waals surface area contributed by atoms with Gasteiger partial charge in [0.15, 0.2) is 0 Å². The molecule has 9 nitrogen and oxygen atoms in total. The van der Waals surface area contributed by atoms with E-state index in [9.17, 15) is 9.18 Å². The molecule has 5 heterocycles. The van der Waals surface area contributed by atoms with E-state index < -0.39 is 18.3 Å². The summed E-state index contributed by atoms with van der Waals surface area (Å²) in [6.45, 7) is 14.6. The van der Waals surface area contributed by atoms with E-state index >= 15 is 0 Å². The van der Waals surface area contributed by atoms with Gasteiger partial charge in [-0.15, -0.1) is 0 Å². The van der Waals surface area contributed by atoms with Gasteiger partial charge >= 0.3 is 0 Å². The molecule has 5 fully saturated rings. The van der Waals surface area contributed by atoms with E-state index in [1.165, 1.54) is 6.42 Å².